The number of ether oxygens (including phenoxy) is 1. The third kappa shape index (κ3) is 4.08. The molecule has 0 atom stereocenters. The second-order valence-corrected chi connectivity index (χ2v) is 7.72. The summed E-state index contributed by atoms with van der Waals surface area (Å²) in [5.74, 6) is -0.0654. The quantitative estimate of drug-likeness (QED) is 0.274. The Kier molecular flexibility index (Phi) is 5.24. The molecule has 0 bridgehead atoms. The lowest BCUT2D eigenvalue weighted by molar-refractivity contribution is -0.274. The van der Waals surface area contributed by atoms with Crippen molar-refractivity contribution in [3.63, 3.8) is 0 Å². The molecular weight excluding hydrogens is 474 g/mol. The molecule has 172 valence electrons. The Morgan fingerprint density at radius 2 is 1.71 bits per heavy atom. The topological polar surface area (TPSA) is 55.5 Å². The van der Waals surface area contributed by atoms with Crippen LogP contribution in [0.2, 0.25) is 5.28 Å². The zero-order valence-electron chi connectivity index (χ0n) is 17.4. The van der Waals surface area contributed by atoms with Crippen LogP contribution in [0.3, 0.4) is 0 Å². The minimum absolute atomic E-state index is 0.105. The van der Waals surface area contributed by atoms with Gasteiger partial charge in [0.1, 0.15) is 17.4 Å². The Morgan fingerprint density at radius 3 is 2.44 bits per heavy atom. The van der Waals surface area contributed by atoms with Crippen molar-refractivity contribution in [2.24, 2.45) is 0 Å². The summed E-state index contributed by atoms with van der Waals surface area (Å²) < 4.78 is 56.9. The molecule has 5 aromatic rings. The largest absolute Gasteiger partial charge is 0.573 e. The van der Waals surface area contributed by atoms with Crippen molar-refractivity contribution < 1.29 is 22.3 Å². The predicted molar refractivity (Wildman–Crippen MR) is 120 cm³/mol. The van der Waals surface area contributed by atoms with E-state index in [1.54, 1.807) is 24.1 Å². The Hall–Kier alpha value is -3.92. The molecule has 2 heterocycles. The van der Waals surface area contributed by atoms with E-state index in [1.807, 2.05) is 18.2 Å². The minimum Gasteiger partial charge on any atom is -0.406 e. The highest BCUT2D eigenvalue weighted by Crippen LogP contribution is 2.34. The van der Waals surface area contributed by atoms with Crippen molar-refractivity contribution in [3.8, 4) is 16.9 Å². The molecule has 0 saturated carbocycles. The number of benzene rings is 3. The summed E-state index contributed by atoms with van der Waals surface area (Å²) in [6.07, 6.45) is -4.75. The van der Waals surface area contributed by atoms with Crippen LogP contribution in [-0.4, -0.2) is 33.0 Å². The summed E-state index contributed by atoms with van der Waals surface area (Å²) in [6.45, 7) is 0. The first kappa shape index (κ1) is 21.9. The number of rotatable bonds is 4. The Morgan fingerprint density at radius 1 is 0.941 bits per heavy atom. The third-order valence-electron chi connectivity index (χ3n) is 5.23. The molecule has 3 aromatic carbocycles. The predicted octanol–water partition coefficient (Wildman–Crippen LogP) is 6.40. The fourth-order valence-electron chi connectivity index (χ4n) is 3.70. The zero-order chi connectivity index (χ0) is 24.0. The first-order valence-corrected chi connectivity index (χ1v) is 10.3. The zero-order valence-corrected chi connectivity index (χ0v) is 18.1. The molecule has 2 aromatic heterocycles. The van der Waals surface area contributed by atoms with E-state index in [-0.39, 0.29) is 16.8 Å². The molecule has 34 heavy (non-hydrogen) atoms. The minimum atomic E-state index is -4.75. The van der Waals surface area contributed by atoms with Crippen LogP contribution in [0.4, 0.5) is 29.1 Å². The number of hydrogen-bond donors (Lipinski definition) is 0. The number of halogens is 5. The third-order valence-corrected chi connectivity index (χ3v) is 5.47. The van der Waals surface area contributed by atoms with Crippen molar-refractivity contribution >= 4 is 39.8 Å². The van der Waals surface area contributed by atoms with E-state index in [2.05, 4.69) is 19.9 Å². The van der Waals surface area contributed by atoms with Gasteiger partial charge in [0.25, 0.3) is 5.78 Å². The lowest BCUT2D eigenvalue weighted by Gasteiger charge is -2.21. The maximum Gasteiger partial charge on any atom is 0.573 e. The molecule has 0 saturated heterocycles. The molecule has 0 spiro atoms. The monoisotopic (exact) mass is 487 g/mol. The number of hydrogen-bond acceptors (Lipinski definition) is 5. The summed E-state index contributed by atoms with van der Waals surface area (Å²) in [6, 6.07) is 17.1. The lowest BCUT2D eigenvalue weighted by Crippen LogP contribution is -2.16. The van der Waals surface area contributed by atoms with Crippen LogP contribution in [0.1, 0.15) is 0 Å². The second-order valence-electron chi connectivity index (χ2n) is 7.38. The SMILES string of the molecule is CN(c1cccc(-c2ccc(OC(F)(F)F)cc2)c1)c1nc2nnc(Cl)n2c2ccc(F)cc12. The summed E-state index contributed by atoms with van der Waals surface area (Å²) in [5.41, 5.74) is 2.74. The Labute approximate surface area is 195 Å². The molecule has 0 fully saturated rings. The molecule has 0 aliphatic heterocycles. The van der Waals surface area contributed by atoms with Gasteiger partial charge in [-0.2, -0.15) is 4.98 Å². The van der Waals surface area contributed by atoms with E-state index >= 15 is 0 Å². The lowest BCUT2D eigenvalue weighted by atomic mass is 10.0. The van der Waals surface area contributed by atoms with E-state index in [0.717, 1.165) is 5.56 Å². The number of aromatic nitrogens is 4. The molecule has 0 N–H and O–H groups in total. The maximum absolute atomic E-state index is 14.1. The summed E-state index contributed by atoms with van der Waals surface area (Å²) in [4.78, 5) is 6.29. The molecule has 0 amide bonds. The van der Waals surface area contributed by atoms with Crippen molar-refractivity contribution in [1.29, 1.82) is 0 Å². The number of nitrogens with zero attached hydrogens (tertiary/aromatic N) is 5. The van der Waals surface area contributed by atoms with Gasteiger partial charge in [-0.3, -0.25) is 0 Å². The van der Waals surface area contributed by atoms with Crippen LogP contribution in [0.15, 0.2) is 66.7 Å². The van der Waals surface area contributed by atoms with E-state index < -0.39 is 12.2 Å². The molecule has 5 rings (SSSR count). The van der Waals surface area contributed by atoms with Gasteiger partial charge in [-0.25, -0.2) is 8.79 Å². The second kappa shape index (κ2) is 8.14. The van der Waals surface area contributed by atoms with Gasteiger partial charge in [-0.15, -0.1) is 23.4 Å². The van der Waals surface area contributed by atoms with Crippen LogP contribution in [0.5, 0.6) is 5.75 Å². The number of alkyl halides is 3. The molecule has 11 heteroatoms. The van der Waals surface area contributed by atoms with Gasteiger partial charge in [-0.1, -0.05) is 24.3 Å². The maximum atomic E-state index is 14.1. The fraction of sp³-hybridized carbons (Fsp3) is 0.0870. The molecule has 0 aliphatic rings. The van der Waals surface area contributed by atoms with Crippen molar-refractivity contribution in [3.05, 3.63) is 77.8 Å². The summed E-state index contributed by atoms with van der Waals surface area (Å²) >= 11 is 6.15. The molecule has 0 aliphatic carbocycles. The van der Waals surface area contributed by atoms with Gasteiger partial charge in [0.2, 0.25) is 5.28 Å². The highest BCUT2D eigenvalue weighted by Gasteiger charge is 2.31. The average Bonchev–Trinajstić information content (AvgIpc) is 3.18. The fourth-order valence-corrected chi connectivity index (χ4v) is 3.90. The van der Waals surface area contributed by atoms with Gasteiger partial charge < -0.3 is 9.64 Å². The summed E-state index contributed by atoms with van der Waals surface area (Å²) in [5, 5.41) is 8.43. The van der Waals surface area contributed by atoms with Crippen LogP contribution in [0.25, 0.3) is 27.8 Å². The van der Waals surface area contributed by atoms with Gasteiger partial charge in [0, 0.05) is 18.1 Å². The van der Waals surface area contributed by atoms with Crippen molar-refractivity contribution in [2.75, 3.05) is 11.9 Å². The van der Waals surface area contributed by atoms with E-state index in [9.17, 15) is 17.6 Å². The van der Waals surface area contributed by atoms with Crippen LogP contribution in [-0.2, 0) is 0 Å². The molecule has 0 radical (unpaired) electrons. The molecular formula is C23H14ClF4N5O. The van der Waals surface area contributed by atoms with Gasteiger partial charge >= 0.3 is 6.36 Å². The standard InChI is InChI=1S/C23H14ClF4N5O/c1-32(20-18-12-15(25)7-10-19(18)33-21(24)30-31-22(33)29-20)16-4-2-3-14(11-16)13-5-8-17(9-6-13)34-23(26,27)28/h2-12H,1H3. The first-order valence-electron chi connectivity index (χ1n) is 9.89. The van der Waals surface area contributed by atoms with E-state index in [0.29, 0.717) is 28.0 Å². The first-order chi connectivity index (χ1) is 16.2. The normalized spacial score (nSPS) is 11.8. The number of fused-ring (bicyclic) bond motifs is 3. The molecule has 0 unspecified atom stereocenters. The van der Waals surface area contributed by atoms with Crippen molar-refractivity contribution in [2.45, 2.75) is 6.36 Å². The van der Waals surface area contributed by atoms with Crippen molar-refractivity contribution in [1.82, 2.24) is 19.6 Å². The van der Waals surface area contributed by atoms with Gasteiger partial charge in [0.05, 0.1) is 5.52 Å². The van der Waals surface area contributed by atoms with Gasteiger partial charge in [0.15, 0.2) is 0 Å². The summed E-state index contributed by atoms with van der Waals surface area (Å²) in [7, 11) is 1.76. The van der Waals surface area contributed by atoms with Crippen LogP contribution in [0, 0.1) is 5.82 Å². The van der Waals surface area contributed by atoms with E-state index in [4.69, 9.17) is 11.6 Å². The van der Waals surface area contributed by atoms with Crippen LogP contribution < -0.4 is 9.64 Å². The molecule has 6 nitrogen and oxygen atoms in total. The van der Waals surface area contributed by atoms with E-state index in [1.165, 1.54) is 40.8 Å². The highest BCUT2D eigenvalue weighted by atomic mass is 35.5. The van der Waals surface area contributed by atoms with Gasteiger partial charge in [-0.05, 0) is 65.2 Å². The Bertz CT molecular complexity index is 1520. The Balaban J connectivity index is 1.55. The highest BCUT2D eigenvalue weighted by molar-refractivity contribution is 6.29. The smallest absolute Gasteiger partial charge is 0.406 e. The number of anilines is 2. The van der Waals surface area contributed by atoms with Crippen LogP contribution >= 0.6 is 11.6 Å². The average molecular weight is 488 g/mol.